The smallest absolute Gasteiger partial charge is 0.265 e. The minimum Gasteiger partial charge on any atom is -0.382 e. The number of carbonyl (C=O) groups excluding carboxylic acids is 1. The molecule has 6 heteroatoms. The first-order valence-corrected chi connectivity index (χ1v) is 6.70. The number of nitrogens with zero attached hydrogens (tertiary/aromatic N) is 1. The Labute approximate surface area is 115 Å². The van der Waals surface area contributed by atoms with Crippen LogP contribution in [0.15, 0.2) is 24.3 Å². The Balaban J connectivity index is 2.05. The highest BCUT2D eigenvalue weighted by Gasteiger charge is 2.15. The minimum atomic E-state index is -0.195. The molecule has 2 rings (SSSR count). The Bertz CT molecular complexity index is 594. The van der Waals surface area contributed by atoms with Gasteiger partial charge in [0.1, 0.15) is 10.7 Å². The van der Waals surface area contributed by atoms with Crippen LogP contribution in [0.4, 0.5) is 10.9 Å². The Morgan fingerprint density at radius 2 is 2.16 bits per heavy atom. The van der Waals surface area contributed by atoms with Crippen molar-refractivity contribution in [2.45, 2.75) is 13.5 Å². The van der Waals surface area contributed by atoms with Gasteiger partial charge in [0.05, 0.1) is 0 Å². The molecule has 1 heterocycles. The number of nitrogens with one attached hydrogen (secondary N) is 2. The average Bonchev–Trinajstić information content (AvgIpc) is 2.79. The molecule has 2 aromatic rings. The summed E-state index contributed by atoms with van der Waals surface area (Å²) in [5.41, 5.74) is 7.95. The normalized spacial score (nSPS) is 10.2. The molecule has 1 aromatic heterocycles. The van der Waals surface area contributed by atoms with E-state index in [-0.39, 0.29) is 11.7 Å². The Kier molecular flexibility index (Phi) is 4.01. The third-order valence-electron chi connectivity index (χ3n) is 2.77. The molecule has 1 aromatic carbocycles. The lowest BCUT2D eigenvalue weighted by molar-refractivity contribution is 0.0955. The Hall–Kier alpha value is -2.08. The fraction of sp³-hybridized carbons (Fsp3) is 0.231. The van der Waals surface area contributed by atoms with Crippen LogP contribution in [-0.2, 0) is 6.54 Å². The van der Waals surface area contributed by atoms with Crippen molar-refractivity contribution in [3.63, 3.8) is 0 Å². The number of carbonyl (C=O) groups is 1. The predicted molar refractivity (Wildman–Crippen MR) is 78.4 cm³/mol. The van der Waals surface area contributed by atoms with Crippen LogP contribution in [0.25, 0.3) is 0 Å². The number of amides is 1. The van der Waals surface area contributed by atoms with Gasteiger partial charge in [-0.15, -0.1) is 0 Å². The van der Waals surface area contributed by atoms with E-state index in [0.717, 1.165) is 11.1 Å². The van der Waals surface area contributed by atoms with Crippen LogP contribution in [0.1, 0.15) is 20.8 Å². The fourth-order valence-electron chi connectivity index (χ4n) is 1.67. The highest BCUT2D eigenvalue weighted by molar-refractivity contribution is 7.18. The molecular formula is C13H16N4OS. The molecule has 0 spiro atoms. The van der Waals surface area contributed by atoms with Crippen molar-refractivity contribution in [3.05, 3.63) is 40.3 Å². The monoisotopic (exact) mass is 276 g/mol. The van der Waals surface area contributed by atoms with Crippen LogP contribution in [0.2, 0.25) is 0 Å². The predicted octanol–water partition coefficient (Wildman–Crippen LogP) is 2.01. The number of hydrogen-bond donors (Lipinski definition) is 3. The topological polar surface area (TPSA) is 80.0 Å². The molecular weight excluding hydrogens is 260 g/mol. The number of aryl methyl sites for hydroxylation is 1. The van der Waals surface area contributed by atoms with Crippen LogP contribution < -0.4 is 16.4 Å². The van der Waals surface area contributed by atoms with Gasteiger partial charge in [0.25, 0.3) is 5.91 Å². The van der Waals surface area contributed by atoms with Crippen molar-refractivity contribution in [1.29, 1.82) is 0 Å². The lowest BCUT2D eigenvalue weighted by atomic mass is 10.1. The van der Waals surface area contributed by atoms with Crippen molar-refractivity contribution in [2.24, 2.45) is 0 Å². The number of benzene rings is 1. The first-order valence-electron chi connectivity index (χ1n) is 5.88. The van der Waals surface area contributed by atoms with E-state index in [1.807, 2.05) is 31.2 Å². The van der Waals surface area contributed by atoms with E-state index >= 15 is 0 Å². The van der Waals surface area contributed by atoms with Crippen molar-refractivity contribution in [3.8, 4) is 0 Å². The van der Waals surface area contributed by atoms with Gasteiger partial charge in [0.2, 0.25) is 0 Å². The molecule has 0 fully saturated rings. The van der Waals surface area contributed by atoms with Crippen molar-refractivity contribution >= 4 is 28.2 Å². The van der Waals surface area contributed by atoms with Crippen LogP contribution in [0, 0.1) is 6.92 Å². The third-order valence-corrected chi connectivity index (χ3v) is 3.86. The number of aromatic nitrogens is 1. The van der Waals surface area contributed by atoms with Crippen LogP contribution >= 0.6 is 11.3 Å². The zero-order valence-corrected chi connectivity index (χ0v) is 11.7. The Morgan fingerprint density at radius 3 is 2.79 bits per heavy atom. The molecule has 19 heavy (non-hydrogen) atoms. The number of thiazole rings is 1. The molecule has 5 nitrogen and oxygen atoms in total. The number of hydrogen-bond acceptors (Lipinski definition) is 5. The van der Waals surface area contributed by atoms with Gasteiger partial charge in [-0.1, -0.05) is 35.6 Å². The van der Waals surface area contributed by atoms with Gasteiger partial charge in [0.15, 0.2) is 5.13 Å². The van der Waals surface area contributed by atoms with E-state index in [4.69, 9.17) is 5.73 Å². The zero-order valence-electron chi connectivity index (χ0n) is 10.9. The van der Waals surface area contributed by atoms with Gasteiger partial charge in [-0.05, 0) is 18.1 Å². The summed E-state index contributed by atoms with van der Waals surface area (Å²) < 4.78 is 0. The lowest BCUT2D eigenvalue weighted by Crippen LogP contribution is -2.23. The van der Waals surface area contributed by atoms with E-state index in [9.17, 15) is 4.79 Å². The number of rotatable bonds is 4. The molecule has 0 saturated heterocycles. The molecule has 0 aliphatic rings. The molecule has 0 bridgehead atoms. The minimum absolute atomic E-state index is 0.195. The summed E-state index contributed by atoms with van der Waals surface area (Å²) >= 11 is 1.25. The summed E-state index contributed by atoms with van der Waals surface area (Å²) in [5, 5.41) is 6.37. The van der Waals surface area contributed by atoms with E-state index in [1.54, 1.807) is 7.05 Å². The van der Waals surface area contributed by atoms with Crippen LogP contribution in [0.5, 0.6) is 0 Å². The lowest BCUT2D eigenvalue weighted by Gasteiger charge is -2.06. The molecule has 0 saturated carbocycles. The van der Waals surface area contributed by atoms with Crippen LogP contribution in [0.3, 0.4) is 0 Å². The van der Waals surface area contributed by atoms with Gasteiger partial charge >= 0.3 is 0 Å². The van der Waals surface area contributed by atoms with Gasteiger partial charge in [-0.2, -0.15) is 0 Å². The number of anilines is 2. The van der Waals surface area contributed by atoms with Crippen molar-refractivity contribution < 1.29 is 4.79 Å². The van der Waals surface area contributed by atoms with E-state index in [0.29, 0.717) is 16.6 Å². The average molecular weight is 276 g/mol. The quantitative estimate of drug-likeness (QED) is 0.798. The van der Waals surface area contributed by atoms with Crippen molar-refractivity contribution in [2.75, 3.05) is 18.1 Å². The SMILES string of the molecule is CNc1nc(N)c(C(=O)NCc2ccccc2C)s1. The molecule has 1 amide bonds. The molecule has 0 radical (unpaired) electrons. The van der Waals surface area contributed by atoms with Crippen molar-refractivity contribution in [1.82, 2.24) is 10.3 Å². The summed E-state index contributed by atoms with van der Waals surface area (Å²) in [5.74, 6) is 0.0661. The summed E-state index contributed by atoms with van der Waals surface area (Å²) in [7, 11) is 1.74. The standard InChI is InChI=1S/C13H16N4OS/c1-8-5-3-4-6-9(8)7-16-12(18)10-11(14)17-13(15-2)19-10/h3-6H,7,14H2,1-2H3,(H,15,17)(H,16,18). The first-order chi connectivity index (χ1) is 9.11. The second kappa shape index (κ2) is 5.71. The highest BCUT2D eigenvalue weighted by Crippen LogP contribution is 2.24. The Morgan fingerprint density at radius 1 is 1.42 bits per heavy atom. The molecule has 0 atom stereocenters. The van der Waals surface area contributed by atoms with Gasteiger partial charge in [0, 0.05) is 13.6 Å². The van der Waals surface area contributed by atoms with E-state index in [2.05, 4.69) is 15.6 Å². The molecule has 4 N–H and O–H groups in total. The van der Waals surface area contributed by atoms with E-state index < -0.39 is 0 Å². The second-order valence-electron chi connectivity index (χ2n) is 4.09. The fourth-order valence-corrected chi connectivity index (χ4v) is 2.42. The van der Waals surface area contributed by atoms with Gasteiger partial charge in [-0.3, -0.25) is 4.79 Å². The number of nitrogens with two attached hydrogens (primary N) is 1. The first kappa shape index (κ1) is 13.4. The molecule has 0 aliphatic carbocycles. The highest BCUT2D eigenvalue weighted by atomic mass is 32.1. The summed E-state index contributed by atoms with van der Waals surface area (Å²) in [4.78, 5) is 16.5. The molecule has 100 valence electrons. The molecule has 0 unspecified atom stereocenters. The van der Waals surface area contributed by atoms with E-state index in [1.165, 1.54) is 11.3 Å². The number of nitrogen functional groups attached to an aromatic ring is 1. The summed E-state index contributed by atoms with van der Waals surface area (Å²) in [6.45, 7) is 2.50. The summed E-state index contributed by atoms with van der Waals surface area (Å²) in [6, 6.07) is 7.93. The maximum Gasteiger partial charge on any atom is 0.265 e. The largest absolute Gasteiger partial charge is 0.382 e. The van der Waals surface area contributed by atoms with Gasteiger partial charge in [-0.25, -0.2) is 4.98 Å². The van der Waals surface area contributed by atoms with Gasteiger partial charge < -0.3 is 16.4 Å². The maximum atomic E-state index is 12.0. The van der Waals surface area contributed by atoms with Crippen LogP contribution in [-0.4, -0.2) is 17.9 Å². The summed E-state index contributed by atoms with van der Waals surface area (Å²) in [6.07, 6.45) is 0. The molecule has 0 aliphatic heterocycles. The maximum absolute atomic E-state index is 12.0. The second-order valence-corrected chi connectivity index (χ2v) is 5.09. The third kappa shape index (κ3) is 3.03. The zero-order chi connectivity index (χ0) is 13.8.